The number of nitrogens with one attached hydrogen (secondary N) is 1. The number of carbonyl (C=O) groups is 1. The van der Waals surface area contributed by atoms with Gasteiger partial charge in [-0.1, -0.05) is 13.3 Å². The summed E-state index contributed by atoms with van der Waals surface area (Å²) in [6, 6.07) is 3.81. The maximum atomic E-state index is 11.7. The Balaban J connectivity index is 2.65. The zero-order valence-corrected chi connectivity index (χ0v) is 13.7. The molecule has 0 fully saturated rings. The Hall–Kier alpha value is -0.550. The van der Waals surface area contributed by atoms with Crippen LogP contribution in [0.4, 0.5) is 0 Å². The van der Waals surface area contributed by atoms with Crippen LogP contribution in [0.15, 0.2) is 21.1 Å². The van der Waals surface area contributed by atoms with Crippen molar-refractivity contribution in [3.8, 4) is 5.75 Å². The van der Waals surface area contributed by atoms with Gasteiger partial charge in [-0.15, -0.1) is 0 Å². The molecule has 1 aromatic carbocycles. The Morgan fingerprint density at radius 1 is 1.33 bits per heavy atom. The standard InChI is InChI=1S/C13H17Br2NO2/c1-3-4-5-16-12(17)8-9-6-10(14)13(18-2)11(15)7-9/h6-7H,3-5,8H2,1-2H3,(H,16,17). The predicted octanol–water partition coefficient (Wildman–Crippen LogP) is 3.68. The molecule has 100 valence electrons. The summed E-state index contributed by atoms with van der Waals surface area (Å²) in [5.41, 5.74) is 0.948. The molecule has 18 heavy (non-hydrogen) atoms. The van der Waals surface area contributed by atoms with Crippen LogP contribution >= 0.6 is 31.9 Å². The maximum absolute atomic E-state index is 11.7. The predicted molar refractivity (Wildman–Crippen MR) is 80.0 cm³/mol. The van der Waals surface area contributed by atoms with Crippen LogP contribution in [0.25, 0.3) is 0 Å². The minimum absolute atomic E-state index is 0.0485. The normalized spacial score (nSPS) is 10.2. The van der Waals surface area contributed by atoms with Gasteiger partial charge in [-0.05, 0) is 56.0 Å². The average Bonchev–Trinajstić information content (AvgIpc) is 2.29. The van der Waals surface area contributed by atoms with Gasteiger partial charge in [0.15, 0.2) is 0 Å². The number of unbranched alkanes of at least 4 members (excludes halogenated alkanes) is 1. The molecule has 5 heteroatoms. The highest BCUT2D eigenvalue weighted by atomic mass is 79.9. The third-order valence-electron chi connectivity index (χ3n) is 2.48. The van der Waals surface area contributed by atoms with Gasteiger partial charge >= 0.3 is 0 Å². The Kier molecular flexibility index (Phi) is 6.71. The van der Waals surface area contributed by atoms with Crippen LogP contribution in [0.5, 0.6) is 5.75 Å². The number of ether oxygens (including phenoxy) is 1. The first-order valence-corrected chi connectivity index (χ1v) is 7.45. The van der Waals surface area contributed by atoms with E-state index in [2.05, 4.69) is 44.1 Å². The number of amides is 1. The monoisotopic (exact) mass is 377 g/mol. The van der Waals surface area contributed by atoms with Gasteiger partial charge < -0.3 is 10.1 Å². The van der Waals surface area contributed by atoms with Crippen LogP contribution in [0, 0.1) is 0 Å². The van der Waals surface area contributed by atoms with Gasteiger partial charge in [-0.3, -0.25) is 4.79 Å². The lowest BCUT2D eigenvalue weighted by atomic mass is 10.1. The van der Waals surface area contributed by atoms with E-state index < -0.39 is 0 Å². The molecule has 0 atom stereocenters. The molecule has 0 radical (unpaired) electrons. The highest BCUT2D eigenvalue weighted by molar-refractivity contribution is 9.11. The Morgan fingerprint density at radius 3 is 2.44 bits per heavy atom. The van der Waals surface area contributed by atoms with Crippen molar-refractivity contribution < 1.29 is 9.53 Å². The van der Waals surface area contributed by atoms with Crippen LogP contribution in [-0.2, 0) is 11.2 Å². The number of benzene rings is 1. The molecule has 1 N–H and O–H groups in total. The summed E-state index contributed by atoms with van der Waals surface area (Å²) in [5.74, 6) is 0.789. The van der Waals surface area contributed by atoms with Gasteiger partial charge in [0.1, 0.15) is 5.75 Å². The minimum atomic E-state index is 0.0485. The molecule has 1 amide bonds. The molecule has 0 bridgehead atoms. The van der Waals surface area contributed by atoms with Crippen LogP contribution in [0.3, 0.4) is 0 Å². The zero-order chi connectivity index (χ0) is 13.5. The van der Waals surface area contributed by atoms with Gasteiger partial charge in [0.2, 0.25) is 5.91 Å². The zero-order valence-electron chi connectivity index (χ0n) is 10.6. The summed E-state index contributed by atoms with van der Waals surface area (Å²) in [7, 11) is 1.61. The summed E-state index contributed by atoms with van der Waals surface area (Å²) >= 11 is 6.85. The number of hydrogen-bond donors (Lipinski definition) is 1. The fraction of sp³-hybridized carbons (Fsp3) is 0.462. The van der Waals surface area contributed by atoms with Crippen molar-refractivity contribution in [1.82, 2.24) is 5.32 Å². The molecule has 0 unspecified atom stereocenters. The lowest BCUT2D eigenvalue weighted by Gasteiger charge is -2.09. The number of carbonyl (C=O) groups excluding carboxylic acids is 1. The number of hydrogen-bond acceptors (Lipinski definition) is 2. The number of rotatable bonds is 6. The van der Waals surface area contributed by atoms with Crippen LogP contribution in [0.1, 0.15) is 25.3 Å². The number of halogens is 2. The van der Waals surface area contributed by atoms with Gasteiger partial charge in [-0.2, -0.15) is 0 Å². The second-order valence-corrected chi connectivity index (χ2v) is 5.68. The Labute approximate surface area is 125 Å². The van der Waals surface area contributed by atoms with Crippen molar-refractivity contribution in [2.75, 3.05) is 13.7 Å². The summed E-state index contributed by atoms with van der Waals surface area (Å²) in [5, 5.41) is 2.90. The van der Waals surface area contributed by atoms with Crippen LogP contribution in [-0.4, -0.2) is 19.6 Å². The fourth-order valence-electron chi connectivity index (χ4n) is 1.56. The lowest BCUT2D eigenvalue weighted by molar-refractivity contribution is -0.120. The van der Waals surface area contributed by atoms with Crippen molar-refractivity contribution in [2.45, 2.75) is 26.2 Å². The van der Waals surface area contributed by atoms with Crippen molar-refractivity contribution in [3.63, 3.8) is 0 Å². The summed E-state index contributed by atoms with van der Waals surface area (Å²) in [6.07, 6.45) is 2.48. The minimum Gasteiger partial charge on any atom is -0.494 e. The quantitative estimate of drug-likeness (QED) is 0.766. The summed E-state index contributed by atoms with van der Waals surface area (Å²) in [6.45, 7) is 2.84. The van der Waals surface area contributed by atoms with E-state index in [0.29, 0.717) is 6.42 Å². The molecule has 1 aromatic rings. The van der Waals surface area contributed by atoms with Gasteiger partial charge in [-0.25, -0.2) is 0 Å². The molecule has 0 heterocycles. The van der Waals surface area contributed by atoms with E-state index >= 15 is 0 Å². The van der Waals surface area contributed by atoms with E-state index in [1.54, 1.807) is 7.11 Å². The van der Waals surface area contributed by atoms with Crippen LogP contribution in [0.2, 0.25) is 0 Å². The molecule has 3 nitrogen and oxygen atoms in total. The van der Waals surface area contributed by atoms with E-state index in [9.17, 15) is 4.79 Å². The highest BCUT2D eigenvalue weighted by Gasteiger charge is 2.10. The lowest BCUT2D eigenvalue weighted by Crippen LogP contribution is -2.25. The number of methoxy groups -OCH3 is 1. The third-order valence-corrected chi connectivity index (χ3v) is 3.66. The van der Waals surface area contributed by atoms with E-state index in [0.717, 1.165) is 39.6 Å². The van der Waals surface area contributed by atoms with Crippen molar-refractivity contribution in [1.29, 1.82) is 0 Å². The molecular weight excluding hydrogens is 362 g/mol. The largest absolute Gasteiger partial charge is 0.494 e. The molecule has 0 aliphatic carbocycles. The van der Waals surface area contributed by atoms with Gasteiger partial charge in [0.05, 0.1) is 22.5 Å². The topological polar surface area (TPSA) is 38.3 Å². The summed E-state index contributed by atoms with van der Waals surface area (Å²) in [4.78, 5) is 11.7. The molecule has 0 aliphatic heterocycles. The first-order valence-electron chi connectivity index (χ1n) is 5.87. The maximum Gasteiger partial charge on any atom is 0.224 e. The van der Waals surface area contributed by atoms with Crippen molar-refractivity contribution in [3.05, 3.63) is 26.6 Å². The SMILES string of the molecule is CCCCNC(=O)Cc1cc(Br)c(OC)c(Br)c1. The van der Waals surface area contributed by atoms with E-state index in [-0.39, 0.29) is 5.91 Å². The third kappa shape index (κ3) is 4.61. The Bertz CT molecular complexity index is 398. The van der Waals surface area contributed by atoms with E-state index in [1.165, 1.54) is 0 Å². The Morgan fingerprint density at radius 2 is 1.94 bits per heavy atom. The van der Waals surface area contributed by atoms with Gasteiger partial charge in [0.25, 0.3) is 0 Å². The van der Waals surface area contributed by atoms with Crippen molar-refractivity contribution in [2.24, 2.45) is 0 Å². The highest BCUT2D eigenvalue weighted by Crippen LogP contribution is 2.34. The molecule has 0 saturated heterocycles. The van der Waals surface area contributed by atoms with Crippen molar-refractivity contribution >= 4 is 37.8 Å². The molecular formula is C13H17Br2NO2. The summed E-state index contributed by atoms with van der Waals surface area (Å²) < 4.78 is 6.91. The molecule has 0 saturated carbocycles. The fourth-order valence-corrected chi connectivity index (χ4v) is 3.17. The second kappa shape index (κ2) is 7.79. The van der Waals surface area contributed by atoms with E-state index in [4.69, 9.17) is 4.74 Å². The smallest absolute Gasteiger partial charge is 0.224 e. The molecule has 1 rings (SSSR count). The first-order chi connectivity index (χ1) is 8.58. The average molecular weight is 379 g/mol. The van der Waals surface area contributed by atoms with Crippen LogP contribution < -0.4 is 10.1 Å². The molecule has 0 spiro atoms. The molecule has 0 aromatic heterocycles. The first kappa shape index (κ1) is 15.5. The van der Waals surface area contributed by atoms with E-state index in [1.807, 2.05) is 12.1 Å². The van der Waals surface area contributed by atoms with Gasteiger partial charge in [0, 0.05) is 6.54 Å². The second-order valence-electron chi connectivity index (χ2n) is 3.97. The molecule has 0 aliphatic rings.